The minimum absolute atomic E-state index is 0. The number of nitrogens with zero attached hydrogens (tertiary/aromatic N) is 5. The van der Waals surface area contributed by atoms with Crippen molar-refractivity contribution in [3.8, 4) is 11.1 Å². The third kappa shape index (κ3) is 7.74. The first kappa shape index (κ1) is 37.1. The van der Waals surface area contributed by atoms with Gasteiger partial charge in [0.2, 0.25) is 5.91 Å². The number of sulfone groups is 1. The van der Waals surface area contributed by atoms with Crippen LogP contribution in [0.15, 0.2) is 71.4 Å². The number of fused-ring (bicyclic) bond motifs is 3. The van der Waals surface area contributed by atoms with E-state index in [-0.39, 0.29) is 79.1 Å². The normalized spacial score (nSPS) is 18.8. The number of hydrogen-bond acceptors (Lipinski definition) is 10. The summed E-state index contributed by atoms with van der Waals surface area (Å²) >= 11 is 0. The molecule has 2 aliphatic heterocycles. The summed E-state index contributed by atoms with van der Waals surface area (Å²) in [4.78, 5) is 33.3. The minimum atomic E-state index is -3.45. The van der Waals surface area contributed by atoms with Crippen molar-refractivity contribution in [1.82, 2.24) is 25.0 Å². The molecule has 7 rings (SSSR count). The second kappa shape index (κ2) is 15.0. The number of likely N-dealkylation sites (tertiary alicyclic amines) is 1. The van der Waals surface area contributed by atoms with Gasteiger partial charge in [0.1, 0.15) is 11.5 Å². The van der Waals surface area contributed by atoms with Crippen LogP contribution in [-0.2, 0) is 35.7 Å². The molecule has 3 fully saturated rings. The van der Waals surface area contributed by atoms with E-state index in [0.29, 0.717) is 18.8 Å². The number of carbonyl (C=O) groups is 2. The van der Waals surface area contributed by atoms with Gasteiger partial charge in [-0.1, -0.05) is 19.1 Å². The van der Waals surface area contributed by atoms with E-state index in [1.807, 2.05) is 36.1 Å². The maximum absolute atomic E-state index is 13.2. The van der Waals surface area contributed by atoms with Crippen LogP contribution in [0, 0.1) is 5.92 Å². The Morgan fingerprint density at radius 2 is 1.84 bits per heavy atom. The topological polar surface area (TPSA) is 200 Å². The zero-order chi connectivity index (χ0) is 35.0. The van der Waals surface area contributed by atoms with Crippen molar-refractivity contribution in [2.24, 2.45) is 11.7 Å². The van der Waals surface area contributed by atoms with Crippen molar-refractivity contribution < 1.29 is 44.2 Å². The summed E-state index contributed by atoms with van der Waals surface area (Å²) in [6, 6.07) is 8.53. The van der Waals surface area contributed by atoms with Crippen LogP contribution in [-0.4, -0.2) is 77.0 Å². The Hall–Kier alpha value is -4.20. The fourth-order valence-electron chi connectivity index (χ4n) is 5.87. The summed E-state index contributed by atoms with van der Waals surface area (Å²) in [5, 5.41) is 18.9. The van der Waals surface area contributed by atoms with Crippen molar-refractivity contribution >= 4 is 33.0 Å². The summed E-state index contributed by atoms with van der Waals surface area (Å²) in [5.41, 5.74) is 19.2. The van der Waals surface area contributed by atoms with E-state index >= 15 is 0 Å². The average molecular weight is 873 g/mol. The van der Waals surface area contributed by atoms with Gasteiger partial charge < -0.3 is 37.0 Å². The van der Waals surface area contributed by atoms with E-state index in [1.165, 1.54) is 18.3 Å². The SMILES string of the molecule is CCS(=O)(=O)c1ccnc(C(=O)N2CC(n3ncc4c3C(C)N(C)c3c(NC(=C\[NH-])/C=C(\N)NC(=O)C5CC5)cccc3-4)C2)c1.OC1CC1.[W]. The monoisotopic (exact) mass is 872 g/mol. The van der Waals surface area contributed by atoms with Crippen molar-refractivity contribution in [3.05, 3.63) is 83.6 Å². The maximum atomic E-state index is 13.2. The molecule has 4 aliphatic rings. The number of rotatable bonds is 9. The molecule has 0 bridgehead atoms. The summed E-state index contributed by atoms with van der Waals surface area (Å²) in [5.74, 6) is -0.274. The number of carbonyl (C=O) groups excluding carboxylic acids is 2. The van der Waals surface area contributed by atoms with E-state index in [4.69, 9.17) is 21.7 Å². The molecule has 266 valence electrons. The molecule has 2 saturated carbocycles. The van der Waals surface area contributed by atoms with E-state index in [1.54, 1.807) is 17.9 Å². The molecule has 1 saturated heterocycles. The first-order valence-electron chi connectivity index (χ1n) is 16.4. The van der Waals surface area contributed by atoms with Gasteiger partial charge in [-0.05, 0) is 56.9 Å². The predicted octanol–water partition coefficient (Wildman–Crippen LogP) is 3.72. The smallest absolute Gasteiger partial charge is 0.272 e. The standard InChI is InChI=1S/C31H37N9O4S.C3H6O.W/c1-4-45(43,44)22-10-11-34-26(13-22)31(42)39-16-21(17-39)40-28-18(2)38(3)29-23(24(28)15-35-40)6-5-7-25(29)36-20(14-32)12-27(33)37-30(41)19-8-9-19;4-3-1-2-3;/h5-7,10-15,18-19,21H,4,8-9,16-17H2,1-3H3,(H6,32,33,34,36,37,41,42);3-4H,1-2H2;/p-1. The second-order valence-electron chi connectivity index (χ2n) is 12.8. The Bertz CT molecular complexity index is 1930. The summed E-state index contributed by atoms with van der Waals surface area (Å²) in [6.07, 6.45) is 9.81. The number of aromatic nitrogens is 3. The van der Waals surface area contributed by atoms with Gasteiger partial charge in [0.05, 0.1) is 52.1 Å². The van der Waals surface area contributed by atoms with Crippen LogP contribution in [0.3, 0.4) is 0 Å². The number of nitrogens with two attached hydrogens (primary N) is 1. The van der Waals surface area contributed by atoms with Gasteiger partial charge in [-0.2, -0.15) is 11.3 Å². The molecule has 16 heteroatoms. The maximum Gasteiger partial charge on any atom is 0.272 e. The van der Waals surface area contributed by atoms with Crippen LogP contribution >= 0.6 is 0 Å². The Morgan fingerprint density at radius 3 is 2.46 bits per heavy atom. The molecule has 1 atom stereocenters. The zero-order valence-electron chi connectivity index (χ0n) is 28.2. The van der Waals surface area contributed by atoms with Gasteiger partial charge in [0.25, 0.3) is 5.91 Å². The zero-order valence-corrected chi connectivity index (χ0v) is 31.9. The van der Waals surface area contributed by atoms with Crippen LogP contribution in [0.5, 0.6) is 0 Å². The van der Waals surface area contributed by atoms with Gasteiger partial charge in [-0.15, -0.1) is 0 Å². The molecule has 0 spiro atoms. The molecular formula is C34H42N9O5SW-. The summed E-state index contributed by atoms with van der Waals surface area (Å²) in [6.45, 7) is 4.50. The number of aliphatic hydroxyl groups is 1. The molecule has 14 nitrogen and oxygen atoms in total. The molecule has 2 aromatic heterocycles. The first-order valence-corrected chi connectivity index (χ1v) is 18.1. The number of amides is 2. The quantitative estimate of drug-likeness (QED) is 0.230. The van der Waals surface area contributed by atoms with Crippen molar-refractivity contribution in [3.63, 3.8) is 0 Å². The number of benzene rings is 1. The molecule has 1 unspecified atom stereocenters. The number of hydrogen-bond donors (Lipinski definition) is 4. The van der Waals surface area contributed by atoms with Gasteiger partial charge >= 0.3 is 0 Å². The molecule has 6 N–H and O–H groups in total. The van der Waals surface area contributed by atoms with E-state index < -0.39 is 9.84 Å². The number of pyridine rings is 1. The van der Waals surface area contributed by atoms with E-state index in [9.17, 15) is 18.0 Å². The number of nitrogens with one attached hydrogen (secondary N) is 3. The van der Waals surface area contributed by atoms with Gasteiger partial charge in [-0.25, -0.2) is 8.42 Å². The fraction of sp³-hybridized carbons (Fsp3) is 0.412. The molecule has 0 radical (unpaired) electrons. The summed E-state index contributed by atoms with van der Waals surface area (Å²) < 4.78 is 26.6. The third-order valence-electron chi connectivity index (χ3n) is 9.18. The van der Waals surface area contributed by atoms with Crippen LogP contribution in [0.2, 0.25) is 0 Å². The van der Waals surface area contributed by atoms with Gasteiger partial charge in [0, 0.05) is 70.1 Å². The number of para-hydroxylation sites is 1. The number of allylic oxidation sites excluding steroid dienone is 1. The Kier molecular flexibility index (Phi) is 11.1. The molecule has 50 heavy (non-hydrogen) atoms. The van der Waals surface area contributed by atoms with Gasteiger partial charge in [0.15, 0.2) is 9.84 Å². The average Bonchev–Trinajstić information content (AvgIpc) is 4.02. The van der Waals surface area contributed by atoms with Crippen molar-refractivity contribution in [2.75, 3.05) is 36.1 Å². The van der Waals surface area contributed by atoms with Gasteiger partial charge in [-0.3, -0.25) is 19.3 Å². The van der Waals surface area contributed by atoms with Crippen molar-refractivity contribution in [1.29, 1.82) is 0 Å². The molecule has 2 aliphatic carbocycles. The Morgan fingerprint density at radius 1 is 1.14 bits per heavy atom. The summed E-state index contributed by atoms with van der Waals surface area (Å²) in [7, 11) is -1.45. The number of anilines is 2. The van der Waals surface area contributed by atoms with Crippen molar-refractivity contribution in [2.45, 2.75) is 62.6 Å². The molecule has 1 aromatic carbocycles. The van der Waals surface area contributed by atoms with Crippen LogP contribution in [0.1, 0.15) is 67.8 Å². The fourth-order valence-corrected chi connectivity index (χ4v) is 6.76. The molecule has 4 heterocycles. The second-order valence-corrected chi connectivity index (χ2v) is 15.1. The van der Waals surface area contributed by atoms with Crippen LogP contribution in [0.25, 0.3) is 16.9 Å². The third-order valence-corrected chi connectivity index (χ3v) is 10.9. The van der Waals surface area contributed by atoms with E-state index in [2.05, 4.69) is 27.4 Å². The largest absolute Gasteiger partial charge is 0.703 e. The Labute approximate surface area is 306 Å². The molecular weight excluding hydrogens is 830 g/mol. The van der Waals surface area contributed by atoms with Crippen LogP contribution < -0.4 is 21.3 Å². The predicted molar refractivity (Wildman–Crippen MR) is 186 cm³/mol. The minimum Gasteiger partial charge on any atom is -0.703 e. The molecule has 2 amide bonds. The Balaban J connectivity index is 0.000000908. The van der Waals surface area contributed by atoms with E-state index in [0.717, 1.165) is 60.1 Å². The first-order chi connectivity index (χ1) is 23.4. The molecule has 3 aromatic rings. The number of aliphatic hydroxyl groups excluding tert-OH is 1. The van der Waals surface area contributed by atoms with Crippen LogP contribution in [0.4, 0.5) is 11.4 Å².